The number of nitrogens with one attached hydrogen (secondary N) is 2. The molecule has 3 aliphatic rings. The molecule has 2 aromatic heterocycles. The fraction of sp³-hybridized carbons (Fsp3) is 0.318. The van der Waals surface area contributed by atoms with Crippen LogP contribution in [0.1, 0.15) is 88.5 Å². The van der Waals surface area contributed by atoms with E-state index in [0.29, 0.717) is 59.9 Å². The van der Waals surface area contributed by atoms with Crippen molar-refractivity contribution in [3.05, 3.63) is 123 Å². The molecule has 0 aliphatic carbocycles. The van der Waals surface area contributed by atoms with Gasteiger partial charge in [-0.2, -0.15) is 0 Å². The first-order valence-electron chi connectivity index (χ1n) is 19.6. The summed E-state index contributed by atoms with van der Waals surface area (Å²) >= 11 is 7.03. The van der Waals surface area contributed by atoms with Crippen molar-refractivity contribution in [3.63, 3.8) is 0 Å². The molecule has 60 heavy (non-hydrogen) atoms. The lowest BCUT2D eigenvalue weighted by Gasteiger charge is -2.53. The van der Waals surface area contributed by atoms with Crippen molar-refractivity contribution in [1.82, 2.24) is 4.98 Å². The third kappa shape index (κ3) is 9.18. The maximum atomic E-state index is 14.7. The minimum Gasteiger partial charge on any atom is -0.381 e. The number of fused-ring (bicyclic) bond motifs is 3. The van der Waals surface area contributed by atoms with Gasteiger partial charge in [0.15, 0.2) is 5.82 Å². The number of anilines is 4. The Morgan fingerprint density at radius 3 is 2.23 bits per heavy atom. The fourth-order valence-electron chi connectivity index (χ4n) is 7.37. The lowest BCUT2D eigenvalue weighted by atomic mass is 9.73. The highest BCUT2D eigenvalue weighted by atomic mass is 35.5. The molecular weight excluding hydrogens is 825 g/mol. The zero-order valence-electron chi connectivity index (χ0n) is 33.3. The van der Waals surface area contributed by atoms with Gasteiger partial charge in [0, 0.05) is 77.8 Å². The molecule has 5 aromatic rings. The maximum Gasteiger partial charge on any atom is 0.265 e. The van der Waals surface area contributed by atoms with Gasteiger partial charge in [-0.1, -0.05) is 39.3 Å². The smallest absolute Gasteiger partial charge is 0.265 e. The van der Waals surface area contributed by atoms with Crippen molar-refractivity contribution in [2.24, 2.45) is 5.41 Å². The molecule has 0 bridgehead atoms. The number of hydrogen-bond donors (Lipinski definition) is 2. The van der Waals surface area contributed by atoms with Gasteiger partial charge in [-0.05, 0) is 85.5 Å². The van der Waals surface area contributed by atoms with Crippen LogP contribution in [0, 0.1) is 22.9 Å². The summed E-state index contributed by atoms with van der Waals surface area (Å²) in [6, 6.07) is 14.2. The van der Waals surface area contributed by atoms with E-state index in [-0.39, 0.29) is 56.3 Å². The van der Waals surface area contributed by atoms with Crippen molar-refractivity contribution >= 4 is 63.5 Å². The van der Waals surface area contributed by atoms with Crippen molar-refractivity contribution < 1.29 is 41.1 Å². The van der Waals surface area contributed by atoms with Crippen LogP contribution >= 0.6 is 22.9 Å². The Morgan fingerprint density at radius 2 is 1.57 bits per heavy atom. The topological polar surface area (TPSA) is 104 Å². The quantitative estimate of drug-likeness (QED) is 0.158. The minimum atomic E-state index is -2.82. The van der Waals surface area contributed by atoms with E-state index in [4.69, 9.17) is 16.3 Å². The standard InChI is InChI=1S/C40H31ClF5N5O4S.2C2H6/c41-29-15-25(43)16-30(44)33(29)49-38(53)32-14-22-7-10-51(31-17-24(42)3-6-27(31)34(22)56-32)39(54)21-1-4-26(5-2-21)48-37(52)28-13-23(35(45)46)18-47-36(28)50-19-40(20-50)8-11-55-12-9-40;2*1-2/h1-6,13-18,35H,7-12,19-20H2,(H,48,52)(H,49,53);2*1-2H3. The molecule has 3 aliphatic heterocycles. The lowest BCUT2D eigenvalue weighted by Crippen LogP contribution is -2.59. The number of nitrogens with zero attached hydrogens (tertiary/aromatic N) is 3. The first-order valence-corrected chi connectivity index (χ1v) is 20.8. The Labute approximate surface area is 353 Å². The van der Waals surface area contributed by atoms with E-state index in [0.717, 1.165) is 42.5 Å². The van der Waals surface area contributed by atoms with Crippen molar-refractivity contribution in [3.8, 4) is 10.4 Å². The van der Waals surface area contributed by atoms with Crippen LogP contribution in [-0.4, -0.2) is 55.6 Å². The number of hydrogen-bond acceptors (Lipinski definition) is 7. The number of pyridine rings is 1. The van der Waals surface area contributed by atoms with Gasteiger partial charge in [-0.25, -0.2) is 26.9 Å². The molecule has 2 saturated heterocycles. The summed E-state index contributed by atoms with van der Waals surface area (Å²) in [7, 11) is 0. The number of ether oxygens (including phenoxy) is 1. The number of carbonyl (C=O) groups excluding carboxylic acids is 3. The van der Waals surface area contributed by atoms with Gasteiger partial charge in [0.05, 0.1) is 26.8 Å². The number of aromatic nitrogens is 1. The maximum absolute atomic E-state index is 14.7. The number of rotatable bonds is 7. The van der Waals surface area contributed by atoms with E-state index in [1.807, 2.05) is 32.6 Å². The molecular formula is C44H43ClF5N5O4S. The number of alkyl halides is 2. The molecule has 2 N–H and O–H groups in total. The third-order valence-electron chi connectivity index (χ3n) is 10.3. The normalized spacial score (nSPS) is 15.0. The Bertz CT molecular complexity index is 2360. The highest BCUT2D eigenvalue weighted by Gasteiger charge is 2.45. The number of halogens is 6. The molecule has 2 fully saturated rings. The average molecular weight is 868 g/mol. The van der Waals surface area contributed by atoms with Crippen LogP contribution in [0.3, 0.4) is 0 Å². The zero-order valence-corrected chi connectivity index (χ0v) is 34.9. The molecule has 0 saturated carbocycles. The average Bonchev–Trinajstić information content (AvgIpc) is 3.61. The first kappa shape index (κ1) is 44.2. The summed E-state index contributed by atoms with van der Waals surface area (Å²) in [5.74, 6) is -3.99. The molecule has 316 valence electrons. The molecule has 0 atom stereocenters. The SMILES string of the molecule is CC.CC.O=C(Nc1c(F)cc(F)cc1Cl)c1cc2c(s1)-c1ccc(F)cc1N(C(=O)c1ccc(NC(=O)c3cc(C(F)F)cnc3N3CC4(CCOCC4)C3)cc1)CC2. The van der Waals surface area contributed by atoms with Crippen LogP contribution in [0.4, 0.5) is 44.8 Å². The predicted octanol–water partition coefficient (Wildman–Crippen LogP) is 11.2. The number of carbonyl (C=O) groups is 3. The molecule has 9 nitrogen and oxygen atoms in total. The van der Waals surface area contributed by atoms with Crippen molar-refractivity contribution in [2.75, 3.05) is 53.3 Å². The molecule has 1 spiro atoms. The lowest BCUT2D eigenvalue weighted by molar-refractivity contribution is -0.000523. The number of thiophene rings is 1. The van der Waals surface area contributed by atoms with Gasteiger partial charge < -0.3 is 25.2 Å². The monoisotopic (exact) mass is 867 g/mol. The van der Waals surface area contributed by atoms with Crippen LogP contribution in [0.15, 0.2) is 72.9 Å². The van der Waals surface area contributed by atoms with Crippen molar-refractivity contribution in [1.29, 1.82) is 0 Å². The molecule has 0 radical (unpaired) electrons. The summed E-state index contributed by atoms with van der Waals surface area (Å²) in [4.78, 5) is 49.1. The number of amides is 3. The van der Waals surface area contributed by atoms with E-state index in [2.05, 4.69) is 15.6 Å². The molecule has 5 heterocycles. The largest absolute Gasteiger partial charge is 0.381 e. The van der Waals surface area contributed by atoms with Gasteiger partial charge in [0.25, 0.3) is 24.1 Å². The number of benzene rings is 3. The van der Waals surface area contributed by atoms with Gasteiger partial charge in [0.1, 0.15) is 17.5 Å². The summed E-state index contributed by atoms with van der Waals surface area (Å²) in [5, 5.41) is 4.83. The highest BCUT2D eigenvalue weighted by Crippen LogP contribution is 2.44. The summed E-state index contributed by atoms with van der Waals surface area (Å²) in [5.41, 5.74) is 1.29. The first-order chi connectivity index (χ1) is 28.9. The molecule has 8 rings (SSSR count). The fourth-order valence-corrected chi connectivity index (χ4v) is 8.75. The molecule has 3 amide bonds. The molecule has 3 aromatic carbocycles. The van der Waals surface area contributed by atoms with Crippen LogP contribution in [-0.2, 0) is 11.2 Å². The van der Waals surface area contributed by atoms with E-state index in [1.165, 1.54) is 47.4 Å². The minimum absolute atomic E-state index is 0.00702. The summed E-state index contributed by atoms with van der Waals surface area (Å²) in [6.45, 7) is 10.7. The van der Waals surface area contributed by atoms with Crippen LogP contribution in [0.2, 0.25) is 5.02 Å². The predicted molar refractivity (Wildman–Crippen MR) is 225 cm³/mol. The van der Waals surface area contributed by atoms with Gasteiger partial charge in [-0.3, -0.25) is 14.4 Å². The van der Waals surface area contributed by atoms with E-state index >= 15 is 0 Å². The Hall–Kier alpha value is -5.38. The van der Waals surface area contributed by atoms with Crippen LogP contribution in [0.5, 0.6) is 0 Å². The highest BCUT2D eigenvalue weighted by molar-refractivity contribution is 7.17. The van der Waals surface area contributed by atoms with Gasteiger partial charge in [-0.15, -0.1) is 11.3 Å². The van der Waals surface area contributed by atoms with E-state index in [1.54, 1.807) is 6.07 Å². The second kappa shape index (κ2) is 18.9. The molecule has 0 unspecified atom stereocenters. The van der Waals surface area contributed by atoms with Crippen LogP contribution < -0.4 is 20.4 Å². The summed E-state index contributed by atoms with van der Waals surface area (Å²) in [6.07, 6.45) is 0.285. The van der Waals surface area contributed by atoms with Crippen LogP contribution in [0.25, 0.3) is 10.4 Å². The zero-order chi connectivity index (χ0) is 43.3. The van der Waals surface area contributed by atoms with Gasteiger partial charge >= 0.3 is 0 Å². The second-order valence-corrected chi connectivity index (χ2v) is 15.4. The Morgan fingerprint density at radius 1 is 0.867 bits per heavy atom. The summed E-state index contributed by atoms with van der Waals surface area (Å²) < 4.78 is 75.5. The van der Waals surface area contributed by atoms with E-state index in [9.17, 15) is 36.3 Å². The van der Waals surface area contributed by atoms with Crippen molar-refractivity contribution in [2.45, 2.75) is 53.4 Å². The molecule has 16 heteroatoms. The Balaban J connectivity index is 0.00000147. The Kier molecular flexibility index (Phi) is 13.9. The second-order valence-electron chi connectivity index (χ2n) is 14.0. The van der Waals surface area contributed by atoms with Gasteiger partial charge in [0.2, 0.25) is 0 Å². The van der Waals surface area contributed by atoms with E-state index < -0.39 is 41.6 Å². The third-order valence-corrected chi connectivity index (χ3v) is 11.8.